The van der Waals surface area contributed by atoms with Crippen LogP contribution >= 0.6 is 0 Å². The molecule has 1 aromatic heterocycles. The summed E-state index contributed by atoms with van der Waals surface area (Å²) in [6.07, 6.45) is 9.97. The van der Waals surface area contributed by atoms with Crippen molar-refractivity contribution < 1.29 is 28.2 Å². The maximum absolute atomic E-state index is 14.2. The molecule has 2 N–H and O–H groups in total. The first-order valence-corrected chi connectivity index (χ1v) is 16.2. The number of nitrogens with zero attached hydrogens (tertiary/aromatic N) is 2. The molecule has 2 fully saturated rings. The molecule has 1 saturated carbocycles. The number of amides is 2. The molecule has 2 aliphatic rings. The highest BCUT2D eigenvalue weighted by atomic mass is 19.1. The molecule has 43 heavy (non-hydrogen) atoms. The summed E-state index contributed by atoms with van der Waals surface area (Å²) in [7, 11) is 1.64. The highest BCUT2D eigenvalue weighted by Gasteiger charge is 2.38. The van der Waals surface area contributed by atoms with Crippen LogP contribution in [0.1, 0.15) is 65.2 Å². The Labute approximate surface area is 255 Å². The molecule has 0 radical (unpaired) electrons. The molecule has 2 heterocycles. The van der Waals surface area contributed by atoms with Gasteiger partial charge in [0, 0.05) is 50.3 Å². The Morgan fingerprint density at radius 2 is 1.77 bits per heavy atom. The van der Waals surface area contributed by atoms with Gasteiger partial charge in [0.25, 0.3) is 0 Å². The number of methoxy groups -OCH3 is 1. The van der Waals surface area contributed by atoms with Crippen LogP contribution in [0.15, 0.2) is 24.4 Å². The summed E-state index contributed by atoms with van der Waals surface area (Å²) in [4.78, 5) is 28.9. The van der Waals surface area contributed by atoms with E-state index < -0.39 is 6.04 Å². The van der Waals surface area contributed by atoms with E-state index in [0.717, 1.165) is 61.5 Å². The van der Waals surface area contributed by atoms with Crippen molar-refractivity contribution >= 4 is 28.4 Å². The number of benzene rings is 1. The molecular formula is C33H51FN4O5. The van der Waals surface area contributed by atoms with Crippen LogP contribution in [-0.2, 0) is 30.3 Å². The molecule has 240 valence electrons. The second kappa shape index (κ2) is 17.0. The predicted molar refractivity (Wildman–Crippen MR) is 167 cm³/mol. The highest BCUT2D eigenvalue weighted by Crippen LogP contribution is 2.31. The number of anilines is 1. The fourth-order valence-corrected chi connectivity index (χ4v) is 6.29. The van der Waals surface area contributed by atoms with Crippen LogP contribution in [0.5, 0.6) is 0 Å². The SMILES string of the molecule is CC[C@@H](C)C(=O)N[C@H](C(=O)N1CCC[C@H]1CNc1cn(CCOCCOCCOC)c2cc(F)ccc12)C1CCCCC1. The van der Waals surface area contributed by atoms with Crippen LogP contribution in [0.2, 0.25) is 0 Å². The van der Waals surface area contributed by atoms with Crippen molar-refractivity contribution in [1.82, 2.24) is 14.8 Å². The van der Waals surface area contributed by atoms with Crippen LogP contribution in [0, 0.1) is 17.7 Å². The molecular weight excluding hydrogens is 551 g/mol. The zero-order valence-electron chi connectivity index (χ0n) is 26.2. The Hall–Kier alpha value is -2.69. The monoisotopic (exact) mass is 602 g/mol. The predicted octanol–water partition coefficient (Wildman–Crippen LogP) is 4.97. The fourth-order valence-electron chi connectivity index (χ4n) is 6.29. The molecule has 9 nitrogen and oxygen atoms in total. The number of aromatic nitrogens is 1. The number of ether oxygens (including phenoxy) is 3. The van der Waals surface area contributed by atoms with E-state index in [1.807, 2.05) is 29.5 Å². The van der Waals surface area contributed by atoms with Gasteiger partial charge in [0.1, 0.15) is 11.9 Å². The molecule has 0 bridgehead atoms. The van der Waals surface area contributed by atoms with E-state index in [0.29, 0.717) is 52.7 Å². The molecule has 1 aliphatic carbocycles. The maximum Gasteiger partial charge on any atom is 0.245 e. The quantitative estimate of drug-likeness (QED) is 0.248. The van der Waals surface area contributed by atoms with Gasteiger partial charge in [0.05, 0.1) is 44.2 Å². The van der Waals surface area contributed by atoms with E-state index in [1.165, 1.54) is 12.5 Å². The third-order valence-corrected chi connectivity index (χ3v) is 9.06. The molecule has 10 heteroatoms. The van der Waals surface area contributed by atoms with Crippen molar-refractivity contribution in [1.29, 1.82) is 0 Å². The van der Waals surface area contributed by atoms with Crippen molar-refractivity contribution in [3.63, 3.8) is 0 Å². The van der Waals surface area contributed by atoms with Gasteiger partial charge in [0.2, 0.25) is 11.8 Å². The van der Waals surface area contributed by atoms with Gasteiger partial charge in [-0.25, -0.2) is 4.39 Å². The highest BCUT2D eigenvalue weighted by molar-refractivity contribution is 5.93. The Morgan fingerprint density at radius 1 is 1.02 bits per heavy atom. The first kappa shape index (κ1) is 33.2. The van der Waals surface area contributed by atoms with Gasteiger partial charge < -0.3 is 34.3 Å². The molecule has 1 saturated heterocycles. The topological polar surface area (TPSA) is 94.1 Å². The van der Waals surface area contributed by atoms with Crippen LogP contribution in [-0.4, -0.2) is 86.6 Å². The second-order valence-corrected chi connectivity index (χ2v) is 12.0. The molecule has 1 aromatic carbocycles. The van der Waals surface area contributed by atoms with E-state index in [-0.39, 0.29) is 35.5 Å². The number of carbonyl (C=O) groups excluding carboxylic acids is 2. The van der Waals surface area contributed by atoms with Gasteiger partial charge in [-0.2, -0.15) is 0 Å². The van der Waals surface area contributed by atoms with Gasteiger partial charge in [-0.3, -0.25) is 9.59 Å². The summed E-state index contributed by atoms with van der Waals surface area (Å²) in [5, 5.41) is 7.67. The molecule has 0 unspecified atom stereocenters. The number of halogens is 1. The average molecular weight is 603 g/mol. The van der Waals surface area contributed by atoms with Gasteiger partial charge in [0.15, 0.2) is 0 Å². The molecule has 0 spiro atoms. The Kier molecular flexibility index (Phi) is 13.1. The number of carbonyl (C=O) groups is 2. The minimum atomic E-state index is -0.460. The Bertz CT molecular complexity index is 1170. The van der Waals surface area contributed by atoms with Gasteiger partial charge in [-0.05, 0) is 56.2 Å². The minimum Gasteiger partial charge on any atom is -0.382 e. The van der Waals surface area contributed by atoms with Crippen molar-refractivity contribution in [3.8, 4) is 0 Å². The van der Waals surface area contributed by atoms with Gasteiger partial charge in [-0.1, -0.05) is 33.1 Å². The zero-order chi connectivity index (χ0) is 30.6. The van der Waals surface area contributed by atoms with E-state index in [4.69, 9.17) is 14.2 Å². The Morgan fingerprint density at radius 3 is 2.51 bits per heavy atom. The average Bonchev–Trinajstić information content (AvgIpc) is 3.63. The van der Waals surface area contributed by atoms with Crippen molar-refractivity contribution in [2.45, 2.75) is 83.8 Å². The lowest BCUT2D eigenvalue weighted by molar-refractivity contribution is -0.139. The van der Waals surface area contributed by atoms with Crippen molar-refractivity contribution in [2.75, 3.05) is 58.6 Å². The summed E-state index contributed by atoms with van der Waals surface area (Å²) in [5.74, 6) is -0.178. The number of hydrogen-bond acceptors (Lipinski definition) is 6. The first-order valence-electron chi connectivity index (χ1n) is 16.2. The summed E-state index contributed by atoms with van der Waals surface area (Å²) < 4.78 is 32.4. The van der Waals surface area contributed by atoms with Crippen LogP contribution in [0.4, 0.5) is 10.1 Å². The number of nitrogens with one attached hydrogen (secondary N) is 2. The van der Waals surface area contributed by atoms with E-state index in [2.05, 4.69) is 10.6 Å². The molecule has 4 rings (SSSR count). The smallest absolute Gasteiger partial charge is 0.245 e. The third-order valence-electron chi connectivity index (χ3n) is 9.06. The number of fused-ring (bicyclic) bond motifs is 1. The van der Waals surface area contributed by atoms with Crippen molar-refractivity contribution in [3.05, 3.63) is 30.2 Å². The van der Waals surface area contributed by atoms with Gasteiger partial charge in [-0.15, -0.1) is 0 Å². The lowest BCUT2D eigenvalue weighted by atomic mass is 9.83. The van der Waals surface area contributed by atoms with Crippen LogP contribution in [0.3, 0.4) is 0 Å². The number of rotatable bonds is 17. The third kappa shape index (κ3) is 9.16. The summed E-state index contributed by atoms with van der Waals surface area (Å²) in [6.45, 7) is 8.34. The maximum atomic E-state index is 14.2. The fraction of sp³-hybridized carbons (Fsp3) is 0.697. The minimum absolute atomic E-state index is 0.0251. The molecule has 2 aromatic rings. The van der Waals surface area contributed by atoms with E-state index >= 15 is 0 Å². The summed E-state index contributed by atoms with van der Waals surface area (Å²) in [5.41, 5.74) is 1.71. The van der Waals surface area contributed by atoms with Crippen LogP contribution in [0.25, 0.3) is 10.9 Å². The van der Waals surface area contributed by atoms with E-state index in [1.54, 1.807) is 19.2 Å². The summed E-state index contributed by atoms with van der Waals surface area (Å²) in [6, 6.07) is 4.40. The number of hydrogen-bond donors (Lipinski definition) is 2. The number of likely N-dealkylation sites (tertiary alicyclic amines) is 1. The van der Waals surface area contributed by atoms with Crippen molar-refractivity contribution in [2.24, 2.45) is 11.8 Å². The zero-order valence-corrected chi connectivity index (χ0v) is 26.2. The second-order valence-electron chi connectivity index (χ2n) is 12.0. The lowest BCUT2D eigenvalue weighted by Crippen LogP contribution is -2.55. The largest absolute Gasteiger partial charge is 0.382 e. The standard InChI is InChI=1S/C33H51FN4O5/c1-4-24(2)32(39)36-31(25-9-6-5-7-10-25)33(40)38-14-8-11-27(38)22-35-29-23-37(30-21-26(34)12-13-28(29)30)15-16-42-19-20-43-18-17-41-3/h12-13,21,23-25,27,31,35H,4-11,14-20,22H2,1-3H3,(H,36,39)/t24-,27+,31+/m1/s1. The Balaban J connectivity index is 1.39. The molecule has 2 amide bonds. The molecule has 1 aliphatic heterocycles. The lowest BCUT2D eigenvalue weighted by Gasteiger charge is -2.35. The molecule has 3 atom stereocenters. The normalized spacial score (nSPS) is 19.1. The first-order chi connectivity index (χ1) is 20.9. The van der Waals surface area contributed by atoms with E-state index in [9.17, 15) is 14.0 Å². The van der Waals surface area contributed by atoms with Crippen LogP contribution < -0.4 is 10.6 Å². The summed E-state index contributed by atoms with van der Waals surface area (Å²) >= 11 is 0. The van der Waals surface area contributed by atoms with Gasteiger partial charge >= 0.3 is 0 Å².